The fraction of sp³-hybridized carbons (Fsp3) is 0.500. The lowest BCUT2D eigenvalue weighted by Gasteiger charge is -2.22. The minimum absolute atomic E-state index is 0.516. The highest BCUT2D eigenvalue weighted by molar-refractivity contribution is 5.84. The van der Waals surface area contributed by atoms with Gasteiger partial charge >= 0.3 is 0 Å². The van der Waals surface area contributed by atoms with Gasteiger partial charge in [-0.3, -0.25) is 4.98 Å². The van der Waals surface area contributed by atoms with Gasteiger partial charge in [-0.1, -0.05) is 25.5 Å². The number of hydrogen-bond acceptors (Lipinski definition) is 2. The summed E-state index contributed by atoms with van der Waals surface area (Å²) >= 11 is 0. The smallest absolute Gasteiger partial charge is 0.0708 e. The number of aryl methyl sites for hydroxylation is 2. The molecule has 1 aromatic heterocycles. The van der Waals surface area contributed by atoms with Crippen LogP contribution in [0.1, 0.15) is 49.1 Å². The van der Waals surface area contributed by atoms with Crippen molar-refractivity contribution in [1.82, 2.24) is 10.3 Å². The quantitative estimate of drug-likeness (QED) is 0.912. The van der Waals surface area contributed by atoms with Crippen molar-refractivity contribution in [3.63, 3.8) is 0 Å². The molecule has 0 aliphatic heterocycles. The molecular weight excluding hydrogens is 244 g/mol. The molecule has 2 aromatic rings. The second-order valence-electron chi connectivity index (χ2n) is 6.28. The van der Waals surface area contributed by atoms with Crippen molar-refractivity contribution in [1.29, 1.82) is 0 Å². The van der Waals surface area contributed by atoms with Crippen LogP contribution in [0, 0.1) is 6.92 Å². The minimum atomic E-state index is 0.516. The first-order valence-electron chi connectivity index (χ1n) is 7.79. The van der Waals surface area contributed by atoms with Crippen LogP contribution < -0.4 is 5.32 Å². The molecule has 1 aromatic carbocycles. The molecule has 20 heavy (non-hydrogen) atoms. The van der Waals surface area contributed by atoms with E-state index in [0.717, 1.165) is 18.5 Å². The minimum Gasteiger partial charge on any atom is -0.310 e. The number of fused-ring (bicyclic) bond motifs is 2. The molecule has 2 nitrogen and oxygen atoms in total. The van der Waals surface area contributed by atoms with Crippen molar-refractivity contribution in [2.75, 3.05) is 0 Å². The molecule has 1 N–H and O–H groups in total. The Morgan fingerprint density at radius 1 is 1.20 bits per heavy atom. The predicted octanol–water partition coefficient (Wildman–Crippen LogP) is 3.92. The summed E-state index contributed by atoms with van der Waals surface area (Å²) in [5, 5.41) is 4.94. The van der Waals surface area contributed by atoms with Crippen molar-refractivity contribution >= 4 is 10.9 Å². The summed E-state index contributed by atoms with van der Waals surface area (Å²) in [6.07, 6.45) is 4.93. The summed E-state index contributed by atoms with van der Waals surface area (Å²) in [6, 6.07) is 7.17. The molecule has 3 rings (SSSR count). The average molecular weight is 268 g/mol. The molecule has 1 aliphatic rings. The van der Waals surface area contributed by atoms with Crippen LogP contribution in [-0.2, 0) is 19.4 Å². The molecule has 0 saturated heterocycles. The Balaban J connectivity index is 2.16. The van der Waals surface area contributed by atoms with Gasteiger partial charge in [0.25, 0.3) is 0 Å². The summed E-state index contributed by atoms with van der Waals surface area (Å²) in [5.41, 5.74) is 6.83. The molecule has 0 atom stereocenters. The molecule has 0 radical (unpaired) electrons. The number of rotatable bonds is 3. The standard InChI is InChI=1S/C18H24N2/c1-12(2)19-11-16-14-6-4-5-7-17(14)20-18-9-8-13(3)10-15(16)18/h8-10,12,19H,4-7,11H2,1-3H3. The molecular formula is C18H24N2. The van der Waals surface area contributed by atoms with E-state index < -0.39 is 0 Å². The zero-order chi connectivity index (χ0) is 14.1. The number of nitrogens with one attached hydrogen (secondary N) is 1. The van der Waals surface area contributed by atoms with Crippen LogP contribution >= 0.6 is 0 Å². The molecule has 0 amide bonds. The maximum atomic E-state index is 4.92. The average Bonchev–Trinajstić information content (AvgIpc) is 2.43. The lowest BCUT2D eigenvalue weighted by molar-refractivity contribution is 0.581. The van der Waals surface area contributed by atoms with E-state index in [-0.39, 0.29) is 0 Å². The fourth-order valence-corrected chi connectivity index (χ4v) is 3.14. The third-order valence-corrected chi connectivity index (χ3v) is 4.22. The Morgan fingerprint density at radius 2 is 2.00 bits per heavy atom. The fourth-order valence-electron chi connectivity index (χ4n) is 3.14. The van der Waals surface area contributed by atoms with Gasteiger partial charge in [0, 0.05) is 23.7 Å². The predicted molar refractivity (Wildman–Crippen MR) is 85.1 cm³/mol. The van der Waals surface area contributed by atoms with Gasteiger partial charge in [-0.05, 0) is 55.9 Å². The number of pyridine rings is 1. The third-order valence-electron chi connectivity index (χ3n) is 4.22. The van der Waals surface area contributed by atoms with Gasteiger partial charge in [-0.15, -0.1) is 0 Å². The number of benzene rings is 1. The van der Waals surface area contributed by atoms with Crippen molar-refractivity contribution < 1.29 is 0 Å². The van der Waals surface area contributed by atoms with Crippen LogP contribution in [0.15, 0.2) is 18.2 Å². The first-order valence-corrected chi connectivity index (χ1v) is 7.79. The van der Waals surface area contributed by atoms with E-state index in [4.69, 9.17) is 4.98 Å². The second-order valence-corrected chi connectivity index (χ2v) is 6.28. The van der Waals surface area contributed by atoms with Crippen LogP contribution in [-0.4, -0.2) is 11.0 Å². The lowest BCUT2D eigenvalue weighted by Crippen LogP contribution is -2.24. The monoisotopic (exact) mass is 268 g/mol. The maximum absolute atomic E-state index is 4.92. The van der Waals surface area contributed by atoms with Crippen LogP contribution in [0.5, 0.6) is 0 Å². The van der Waals surface area contributed by atoms with E-state index in [9.17, 15) is 0 Å². The maximum Gasteiger partial charge on any atom is 0.0708 e. The second kappa shape index (κ2) is 5.53. The highest BCUT2D eigenvalue weighted by Gasteiger charge is 2.18. The van der Waals surface area contributed by atoms with Crippen LogP contribution in [0.3, 0.4) is 0 Å². The largest absolute Gasteiger partial charge is 0.310 e. The Kier molecular flexibility index (Phi) is 3.75. The first kappa shape index (κ1) is 13.6. The summed E-state index contributed by atoms with van der Waals surface area (Å²) < 4.78 is 0. The molecule has 0 unspecified atom stereocenters. The zero-order valence-electron chi connectivity index (χ0n) is 12.8. The summed E-state index contributed by atoms with van der Waals surface area (Å²) in [7, 11) is 0. The molecule has 1 aliphatic carbocycles. The Hall–Kier alpha value is -1.41. The van der Waals surface area contributed by atoms with Crippen molar-refractivity contribution in [3.8, 4) is 0 Å². The van der Waals surface area contributed by atoms with Gasteiger partial charge < -0.3 is 5.32 Å². The van der Waals surface area contributed by atoms with Gasteiger partial charge in [-0.2, -0.15) is 0 Å². The Labute approximate surface area is 121 Å². The number of nitrogens with zero attached hydrogens (tertiary/aromatic N) is 1. The molecule has 0 saturated carbocycles. The highest BCUT2D eigenvalue weighted by atomic mass is 14.9. The summed E-state index contributed by atoms with van der Waals surface area (Å²) in [4.78, 5) is 4.92. The summed E-state index contributed by atoms with van der Waals surface area (Å²) in [6.45, 7) is 7.54. The molecule has 0 bridgehead atoms. The first-order chi connectivity index (χ1) is 9.65. The van der Waals surface area contributed by atoms with E-state index in [2.05, 4.69) is 44.3 Å². The van der Waals surface area contributed by atoms with Crippen LogP contribution in [0.4, 0.5) is 0 Å². The zero-order valence-corrected chi connectivity index (χ0v) is 12.8. The van der Waals surface area contributed by atoms with E-state index in [1.165, 1.54) is 47.0 Å². The SMILES string of the molecule is Cc1ccc2nc3c(c(CNC(C)C)c2c1)CCCC3. The van der Waals surface area contributed by atoms with Gasteiger partial charge in [0.15, 0.2) is 0 Å². The third kappa shape index (κ3) is 2.57. The highest BCUT2D eigenvalue weighted by Crippen LogP contribution is 2.29. The van der Waals surface area contributed by atoms with E-state index in [1.54, 1.807) is 0 Å². The van der Waals surface area contributed by atoms with E-state index in [0.29, 0.717) is 6.04 Å². The summed E-state index contributed by atoms with van der Waals surface area (Å²) in [5.74, 6) is 0. The molecule has 106 valence electrons. The normalized spacial score (nSPS) is 14.8. The molecule has 0 spiro atoms. The Morgan fingerprint density at radius 3 is 2.80 bits per heavy atom. The number of hydrogen-bond donors (Lipinski definition) is 1. The van der Waals surface area contributed by atoms with Crippen LogP contribution in [0.2, 0.25) is 0 Å². The number of aromatic nitrogens is 1. The van der Waals surface area contributed by atoms with Gasteiger partial charge in [-0.25, -0.2) is 0 Å². The van der Waals surface area contributed by atoms with Gasteiger partial charge in [0.1, 0.15) is 0 Å². The Bertz CT molecular complexity index is 629. The van der Waals surface area contributed by atoms with Crippen LogP contribution in [0.25, 0.3) is 10.9 Å². The van der Waals surface area contributed by atoms with Gasteiger partial charge in [0.2, 0.25) is 0 Å². The van der Waals surface area contributed by atoms with Crippen molar-refractivity contribution in [3.05, 3.63) is 40.6 Å². The molecule has 2 heteroatoms. The molecule has 0 fully saturated rings. The topological polar surface area (TPSA) is 24.9 Å². The van der Waals surface area contributed by atoms with E-state index >= 15 is 0 Å². The van der Waals surface area contributed by atoms with Crippen molar-refractivity contribution in [2.24, 2.45) is 0 Å². The molecule has 1 heterocycles. The lowest BCUT2D eigenvalue weighted by atomic mass is 9.89. The van der Waals surface area contributed by atoms with E-state index in [1.807, 2.05) is 0 Å². The van der Waals surface area contributed by atoms with Gasteiger partial charge in [0.05, 0.1) is 5.52 Å². The van der Waals surface area contributed by atoms with Crippen molar-refractivity contribution in [2.45, 2.75) is 59.0 Å².